The standard InChI is InChI=1S/C13H16INO2/c14-11-4-1-3-10(9-11)13(17)15(7-8-16)12-5-2-6-12/h1,3-4,9,12,16H,2,5-8H2. The lowest BCUT2D eigenvalue weighted by molar-refractivity contribution is 0.0525. The van der Waals surface area contributed by atoms with Gasteiger partial charge < -0.3 is 10.0 Å². The van der Waals surface area contributed by atoms with E-state index in [2.05, 4.69) is 22.6 Å². The van der Waals surface area contributed by atoms with E-state index in [1.165, 1.54) is 6.42 Å². The number of carbonyl (C=O) groups excluding carboxylic acids is 1. The van der Waals surface area contributed by atoms with Crippen LogP contribution >= 0.6 is 22.6 Å². The lowest BCUT2D eigenvalue weighted by Crippen LogP contribution is -2.45. The SMILES string of the molecule is O=C(c1cccc(I)c1)N(CCO)C1CCC1. The van der Waals surface area contributed by atoms with Gasteiger partial charge in [-0.25, -0.2) is 0 Å². The Morgan fingerprint density at radius 2 is 2.24 bits per heavy atom. The Kier molecular flexibility index (Phi) is 4.39. The number of hydrogen-bond donors (Lipinski definition) is 1. The summed E-state index contributed by atoms with van der Waals surface area (Å²) < 4.78 is 1.06. The third-order valence-electron chi connectivity index (χ3n) is 3.19. The molecule has 1 N–H and O–H groups in total. The van der Waals surface area contributed by atoms with E-state index in [4.69, 9.17) is 5.11 Å². The molecule has 1 aliphatic rings. The Morgan fingerprint density at radius 3 is 2.76 bits per heavy atom. The Bertz CT molecular complexity index is 404. The summed E-state index contributed by atoms with van der Waals surface area (Å²) >= 11 is 2.20. The molecule has 0 saturated heterocycles. The molecule has 1 amide bonds. The minimum absolute atomic E-state index is 0.0339. The van der Waals surface area contributed by atoms with Crippen LogP contribution in [0.2, 0.25) is 0 Å². The summed E-state index contributed by atoms with van der Waals surface area (Å²) in [7, 11) is 0. The van der Waals surface area contributed by atoms with Crippen molar-refractivity contribution in [1.29, 1.82) is 0 Å². The lowest BCUT2D eigenvalue weighted by Gasteiger charge is -2.37. The molecule has 0 unspecified atom stereocenters. The third-order valence-corrected chi connectivity index (χ3v) is 3.86. The molecule has 0 aliphatic heterocycles. The van der Waals surface area contributed by atoms with Crippen LogP contribution in [0, 0.1) is 3.57 Å². The third kappa shape index (κ3) is 2.98. The highest BCUT2D eigenvalue weighted by Crippen LogP contribution is 2.26. The van der Waals surface area contributed by atoms with Gasteiger partial charge in [0.15, 0.2) is 0 Å². The predicted octanol–water partition coefficient (Wildman–Crippen LogP) is 2.28. The minimum Gasteiger partial charge on any atom is -0.395 e. The summed E-state index contributed by atoms with van der Waals surface area (Å²) in [5.74, 6) is 0.0438. The molecule has 4 heteroatoms. The first-order valence-corrected chi connectivity index (χ1v) is 6.97. The molecule has 0 aromatic heterocycles. The minimum atomic E-state index is 0.0339. The van der Waals surface area contributed by atoms with Gasteiger partial charge in [0.2, 0.25) is 0 Å². The van der Waals surface area contributed by atoms with Crippen LogP contribution in [0.5, 0.6) is 0 Å². The van der Waals surface area contributed by atoms with E-state index in [0.717, 1.165) is 22.0 Å². The molecular weight excluding hydrogens is 329 g/mol. The van der Waals surface area contributed by atoms with Gasteiger partial charge >= 0.3 is 0 Å². The van der Waals surface area contributed by atoms with Gasteiger partial charge in [0.1, 0.15) is 0 Å². The van der Waals surface area contributed by atoms with Gasteiger partial charge in [0.05, 0.1) is 6.61 Å². The van der Waals surface area contributed by atoms with Crippen molar-refractivity contribution in [2.75, 3.05) is 13.2 Å². The number of carbonyl (C=O) groups is 1. The predicted molar refractivity (Wildman–Crippen MR) is 74.9 cm³/mol. The zero-order valence-corrected chi connectivity index (χ0v) is 11.8. The Hall–Kier alpha value is -0.620. The van der Waals surface area contributed by atoms with Crippen LogP contribution in [-0.4, -0.2) is 35.1 Å². The van der Waals surface area contributed by atoms with Crippen molar-refractivity contribution in [1.82, 2.24) is 4.90 Å². The second-order valence-corrected chi connectivity index (χ2v) is 5.56. The van der Waals surface area contributed by atoms with Crippen LogP contribution in [-0.2, 0) is 0 Å². The number of amides is 1. The average molecular weight is 345 g/mol. The Balaban J connectivity index is 2.15. The van der Waals surface area contributed by atoms with Crippen LogP contribution in [0.1, 0.15) is 29.6 Å². The van der Waals surface area contributed by atoms with E-state index in [1.807, 2.05) is 29.2 Å². The van der Waals surface area contributed by atoms with Crippen LogP contribution in [0.25, 0.3) is 0 Å². The number of rotatable bonds is 4. The molecule has 0 radical (unpaired) electrons. The topological polar surface area (TPSA) is 40.5 Å². The molecule has 0 heterocycles. The zero-order chi connectivity index (χ0) is 12.3. The first-order valence-electron chi connectivity index (χ1n) is 5.90. The van der Waals surface area contributed by atoms with E-state index in [9.17, 15) is 4.79 Å². The second-order valence-electron chi connectivity index (χ2n) is 4.32. The van der Waals surface area contributed by atoms with E-state index in [-0.39, 0.29) is 12.5 Å². The van der Waals surface area contributed by atoms with Crippen LogP contribution in [0.3, 0.4) is 0 Å². The van der Waals surface area contributed by atoms with Gasteiger partial charge in [-0.05, 0) is 60.1 Å². The summed E-state index contributed by atoms with van der Waals surface area (Å²) in [6, 6.07) is 7.93. The summed E-state index contributed by atoms with van der Waals surface area (Å²) in [4.78, 5) is 14.1. The average Bonchev–Trinajstić information content (AvgIpc) is 2.25. The Labute approximate surface area is 115 Å². The highest BCUT2D eigenvalue weighted by Gasteiger charge is 2.28. The van der Waals surface area contributed by atoms with Crippen molar-refractivity contribution in [3.63, 3.8) is 0 Å². The van der Waals surface area contributed by atoms with E-state index >= 15 is 0 Å². The molecule has 1 fully saturated rings. The van der Waals surface area contributed by atoms with Crippen molar-refractivity contribution in [3.05, 3.63) is 33.4 Å². The highest BCUT2D eigenvalue weighted by atomic mass is 127. The molecule has 1 aliphatic carbocycles. The van der Waals surface area contributed by atoms with E-state index in [1.54, 1.807) is 0 Å². The number of benzene rings is 1. The monoisotopic (exact) mass is 345 g/mol. The van der Waals surface area contributed by atoms with Crippen molar-refractivity contribution >= 4 is 28.5 Å². The molecule has 0 atom stereocenters. The number of halogens is 1. The number of aliphatic hydroxyl groups is 1. The molecule has 1 aromatic rings. The van der Waals surface area contributed by atoms with Crippen LogP contribution < -0.4 is 0 Å². The van der Waals surface area contributed by atoms with Crippen LogP contribution in [0.15, 0.2) is 24.3 Å². The fraction of sp³-hybridized carbons (Fsp3) is 0.462. The normalized spacial score (nSPS) is 15.4. The molecule has 1 saturated carbocycles. The summed E-state index contributed by atoms with van der Waals surface area (Å²) in [6.45, 7) is 0.473. The Morgan fingerprint density at radius 1 is 1.47 bits per heavy atom. The molecule has 1 aromatic carbocycles. The van der Waals surface area contributed by atoms with Gasteiger partial charge in [-0.3, -0.25) is 4.79 Å². The number of nitrogens with zero attached hydrogens (tertiary/aromatic N) is 1. The molecule has 92 valence electrons. The fourth-order valence-corrected chi connectivity index (χ4v) is 2.59. The van der Waals surface area contributed by atoms with Gasteiger partial charge in [-0.15, -0.1) is 0 Å². The largest absolute Gasteiger partial charge is 0.395 e. The molecule has 2 rings (SSSR count). The van der Waals surface area contributed by atoms with Gasteiger partial charge in [-0.1, -0.05) is 6.07 Å². The second kappa shape index (κ2) is 5.82. The first-order chi connectivity index (χ1) is 8.22. The number of hydrogen-bond acceptors (Lipinski definition) is 2. The van der Waals surface area contributed by atoms with Gasteiger partial charge in [0.25, 0.3) is 5.91 Å². The zero-order valence-electron chi connectivity index (χ0n) is 9.60. The van der Waals surface area contributed by atoms with Crippen molar-refractivity contribution in [3.8, 4) is 0 Å². The first kappa shape index (κ1) is 12.8. The molecule has 3 nitrogen and oxygen atoms in total. The molecule has 0 bridgehead atoms. The van der Waals surface area contributed by atoms with Gasteiger partial charge in [-0.2, -0.15) is 0 Å². The van der Waals surface area contributed by atoms with E-state index < -0.39 is 0 Å². The molecule has 17 heavy (non-hydrogen) atoms. The highest BCUT2D eigenvalue weighted by molar-refractivity contribution is 14.1. The van der Waals surface area contributed by atoms with E-state index in [0.29, 0.717) is 12.6 Å². The summed E-state index contributed by atoms with van der Waals surface area (Å²) in [5.41, 5.74) is 0.720. The van der Waals surface area contributed by atoms with Crippen molar-refractivity contribution < 1.29 is 9.90 Å². The molecule has 0 spiro atoms. The maximum atomic E-state index is 12.3. The number of aliphatic hydroxyl groups excluding tert-OH is 1. The summed E-state index contributed by atoms with van der Waals surface area (Å²) in [6.07, 6.45) is 3.32. The maximum absolute atomic E-state index is 12.3. The lowest BCUT2D eigenvalue weighted by atomic mass is 9.91. The van der Waals surface area contributed by atoms with Crippen LogP contribution in [0.4, 0.5) is 0 Å². The molecular formula is C13H16INO2. The quantitative estimate of drug-likeness (QED) is 0.851. The van der Waals surface area contributed by atoms with Gasteiger partial charge in [0, 0.05) is 21.7 Å². The summed E-state index contributed by atoms with van der Waals surface area (Å²) in [5, 5.41) is 9.06. The van der Waals surface area contributed by atoms with Crippen molar-refractivity contribution in [2.45, 2.75) is 25.3 Å². The fourth-order valence-electron chi connectivity index (χ4n) is 2.04. The van der Waals surface area contributed by atoms with Crippen molar-refractivity contribution in [2.24, 2.45) is 0 Å². The smallest absolute Gasteiger partial charge is 0.254 e. The maximum Gasteiger partial charge on any atom is 0.254 e.